The fraction of sp³-hybridized carbons (Fsp3) is 0.368. The first kappa shape index (κ1) is 20.2. The zero-order valence-electron chi connectivity index (χ0n) is 15.4. The lowest BCUT2D eigenvalue weighted by atomic mass is 9.99. The van der Waals surface area contributed by atoms with Gasteiger partial charge in [0.25, 0.3) is 5.91 Å². The number of amides is 1. The first-order valence-corrected chi connectivity index (χ1v) is 8.52. The van der Waals surface area contributed by atoms with E-state index in [1.165, 1.54) is 13.2 Å². The minimum absolute atomic E-state index is 0.115. The number of fused-ring (bicyclic) bond motifs is 1. The number of carbonyl (C=O) groups is 3. The summed E-state index contributed by atoms with van der Waals surface area (Å²) >= 11 is 0. The number of nitrogens with zero attached hydrogens (tertiary/aromatic N) is 1. The fourth-order valence-electron chi connectivity index (χ4n) is 2.30. The average Bonchev–Trinajstić information content (AvgIpc) is 3.10. The highest BCUT2D eigenvalue weighted by Crippen LogP contribution is 2.15. The van der Waals surface area contributed by atoms with Gasteiger partial charge in [0.2, 0.25) is 5.89 Å². The zero-order chi connectivity index (χ0) is 19.8. The number of ether oxygens (including phenoxy) is 2. The zero-order valence-corrected chi connectivity index (χ0v) is 15.4. The molecule has 27 heavy (non-hydrogen) atoms. The van der Waals surface area contributed by atoms with E-state index in [1.807, 2.05) is 26.0 Å². The molecule has 2 atom stereocenters. The van der Waals surface area contributed by atoms with Crippen LogP contribution < -0.4 is 5.32 Å². The monoisotopic (exact) mass is 374 g/mol. The van der Waals surface area contributed by atoms with Gasteiger partial charge < -0.3 is 19.2 Å². The third-order valence-corrected chi connectivity index (χ3v) is 4.00. The Balaban J connectivity index is 1.86. The number of hydrogen-bond acceptors (Lipinski definition) is 7. The van der Waals surface area contributed by atoms with Crippen LogP contribution >= 0.6 is 0 Å². The smallest absolute Gasteiger partial charge is 0.331 e. The minimum Gasteiger partial charge on any atom is -0.467 e. The second-order valence-electron chi connectivity index (χ2n) is 5.91. The summed E-state index contributed by atoms with van der Waals surface area (Å²) < 4.78 is 15.0. The predicted octanol–water partition coefficient (Wildman–Crippen LogP) is 2.09. The summed E-state index contributed by atoms with van der Waals surface area (Å²) in [5.74, 6) is -1.73. The Labute approximate surface area is 156 Å². The summed E-state index contributed by atoms with van der Waals surface area (Å²) in [6, 6.07) is 6.40. The Morgan fingerprint density at radius 3 is 2.70 bits per heavy atom. The van der Waals surface area contributed by atoms with Crippen LogP contribution in [0, 0.1) is 5.92 Å². The average molecular weight is 374 g/mol. The van der Waals surface area contributed by atoms with Crippen LogP contribution in [0.3, 0.4) is 0 Å². The Hall–Kier alpha value is -3.16. The van der Waals surface area contributed by atoms with Gasteiger partial charge in [0.05, 0.1) is 7.11 Å². The largest absolute Gasteiger partial charge is 0.467 e. The van der Waals surface area contributed by atoms with E-state index in [9.17, 15) is 14.4 Å². The lowest BCUT2D eigenvalue weighted by Gasteiger charge is -2.21. The van der Waals surface area contributed by atoms with Crippen molar-refractivity contribution >= 4 is 35.0 Å². The molecule has 1 amide bonds. The molecule has 0 radical (unpaired) electrons. The number of rotatable bonds is 8. The first-order chi connectivity index (χ1) is 12.9. The van der Waals surface area contributed by atoms with Gasteiger partial charge in [-0.3, -0.25) is 4.79 Å². The van der Waals surface area contributed by atoms with Crippen molar-refractivity contribution in [2.45, 2.75) is 26.3 Å². The molecule has 0 aliphatic heterocycles. The molecule has 8 heteroatoms. The second kappa shape index (κ2) is 9.51. The Bertz CT molecular complexity index is 809. The topological polar surface area (TPSA) is 108 Å². The van der Waals surface area contributed by atoms with Crippen molar-refractivity contribution in [2.24, 2.45) is 5.92 Å². The van der Waals surface area contributed by atoms with Crippen molar-refractivity contribution in [3.8, 4) is 0 Å². The van der Waals surface area contributed by atoms with Crippen molar-refractivity contribution in [2.75, 3.05) is 13.7 Å². The quantitative estimate of drug-likeness (QED) is 0.557. The van der Waals surface area contributed by atoms with Crippen LogP contribution in [0.5, 0.6) is 0 Å². The summed E-state index contributed by atoms with van der Waals surface area (Å²) in [6.07, 6.45) is 3.15. The van der Waals surface area contributed by atoms with Gasteiger partial charge in [-0.15, -0.1) is 0 Å². The normalized spacial score (nSPS) is 13.3. The van der Waals surface area contributed by atoms with Crippen LogP contribution in [-0.4, -0.2) is 42.6 Å². The van der Waals surface area contributed by atoms with E-state index < -0.39 is 30.5 Å². The van der Waals surface area contributed by atoms with Gasteiger partial charge in [-0.1, -0.05) is 32.4 Å². The molecular weight excluding hydrogens is 352 g/mol. The van der Waals surface area contributed by atoms with E-state index in [0.717, 1.165) is 6.08 Å². The fourth-order valence-corrected chi connectivity index (χ4v) is 2.30. The molecule has 0 saturated heterocycles. The number of esters is 2. The Morgan fingerprint density at radius 2 is 2.04 bits per heavy atom. The number of aromatic nitrogens is 1. The summed E-state index contributed by atoms with van der Waals surface area (Å²) in [7, 11) is 1.25. The van der Waals surface area contributed by atoms with Crippen LogP contribution in [0.1, 0.15) is 26.2 Å². The van der Waals surface area contributed by atoms with Crippen molar-refractivity contribution in [1.82, 2.24) is 10.3 Å². The van der Waals surface area contributed by atoms with Crippen LogP contribution in [0.15, 0.2) is 34.8 Å². The molecule has 1 aromatic carbocycles. The number of para-hydroxylation sites is 2. The third-order valence-electron chi connectivity index (χ3n) is 4.00. The molecule has 0 unspecified atom stereocenters. The molecule has 8 nitrogen and oxygen atoms in total. The Kier molecular flexibility index (Phi) is 7.10. The molecule has 2 rings (SSSR count). The van der Waals surface area contributed by atoms with Crippen molar-refractivity contribution in [3.63, 3.8) is 0 Å². The maximum atomic E-state index is 11.9. The van der Waals surface area contributed by atoms with E-state index in [2.05, 4.69) is 15.0 Å². The first-order valence-electron chi connectivity index (χ1n) is 8.52. The number of nitrogens with one attached hydrogen (secondary N) is 1. The molecule has 144 valence electrons. The van der Waals surface area contributed by atoms with Crippen LogP contribution in [0.2, 0.25) is 0 Å². The van der Waals surface area contributed by atoms with Crippen LogP contribution in [0.25, 0.3) is 17.2 Å². The molecule has 1 aromatic heterocycles. The molecule has 0 aliphatic rings. The third kappa shape index (κ3) is 5.67. The highest BCUT2D eigenvalue weighted by molar-refractivity contribution is 5.90. The number of benzene rings is 1. The summed E-state index contributed by atoms with van der Waals surface area (Å²) in [6.45, 7) is 3.20. The van der Waals surface area contributed by atoms with E-state index >= 15 is 0 Å². The Morgan fingerprint density at radius 1 is 1.30 bits per heavy atom. The van der Waals surface area contributed by atoms with Gasteiger partial charge in [0.1, 0.15) is 11.6 Å². The molecule has 0 aliphatic carbocycles. The van der Waals surface area contributed by atoms with Gasteiger partial charge in [-0.05, 0) is 18.1 Å². The van der Waals surface area contributed by atoms with Gasteiger partial charge in [-0.25, -0.2) is 14.6 Å². The number of oxazole rings is 1. The van der Waals surface area contributed by atoms with E-state index in [1.54, 1.807) is 12.1 Å². The van der Waals surface area contributed by atoms with Crippen molar-refractivity contribution in [1.29, 1.82) is 0 Å². The molecule has 2 aromatic rings. The molecule has 1 heterocycles. The highest BCUT2D eigenvalue weighted by atomic mass is 16.5. The summed E-state index contributed by atoms with van der Waals surface area (Å²) in [4.78, 5) is 39.6. The van der Waals surface area contributed by atoms with Gasteiger partial charge in [0.15, 0.2) is 12.2 Å². The van der Waals surface area contributed by atoms with Crippen LogP contribution in [-0.2, 0) is 23.9 Å². The maximum absolute atomic E-state index is 11.9. The van der Waals surface area contributed by atoms with Crippen molar-refractivity contribution in [3.05, 3.63) is 36.2 Å². The number of carbonyl (C=O) groups excluding carboxylic acids is 3. The van der Waals surface area contributed by atoms with Gasteiger partial charge >= 0.3 is 11.9 Å². The second-order valence-corrected chi connectivity index (χ2v) is 5.91. The maximum Gasteiger partial charge on any atom is 0.331 e. The van der Waals surface area contributed by atoms with Crippen molar-refractivity contribution < 1.29 is 28.3 Å². The lowest BCUT2D eigenvalue weighted by molar-refractivity contribution is -0.148. The minimum atomic E-state index is -0.790. The standard InChI is InChI=1S/C19H22N2O6/c1-4-12(2)18(19(24)25-3)21-15(22)11-26-17(23)10-9-16-20-13-7-5-6-8-14(13)27-16/h5-10,12,18H,4,11H2,1-3H3,(H,21,22)/b10-9+/t12-,18-/m1/s1. The molecular formula is C19H22N2O6. The predicted molar refractivity (Wildman–Crippen MR) is 97.4 cm³/mol. The number of methoxy groups -OCH3 is 1. The molecule has 0 spiro atoms. The molecule has 0 fully saturated rings. The summed E-state index contributed by atoms with van der Waals surface area (Å²) in [5.41, 5.74) is 1.27. The molecule has 1 N–H and O–H groups in total. The van der Waals surface area contributed by atoms with E-state index in [4.69, 9.17) is 9.15 Å². The summed E-state index contributed by atoms with van der Waals surface area (Å²) in [5, 5.41) is 2.52. The van der Waals surface area contributed by atoms with E-state index in [0.29, 0.717) is 17.5 Å². The highest BCUT2D eigenvalue weighted by Gasteiger charge is 2.26. The molecule has 0 saturated carbocycles. The van der Waals surface area contributed by atoms with Gasteiger partial charge in [-0.2, -0.15) is 0 Å². The lowest BCUT2D eigenvalue weighted by Crippen LogP contribution is -2.47. The SMILES string of the molecule is CC[C@@H](C)[C@@H](NC(=O)COC(=O)/C=C/c1nc2ccccc2o1)C(=O)OC. The molecule has 0 bridgehead atoms. The van der Waals surface area contributed by atoms with Crippen LogP contribution in [0.4, 0.5) is 0 Å². The van der Waals surface area contributed by atoms with Gasteiger partial charge in [0, 0.05) is 12.2 Å². The van der Waals surface area contributed by atoms with E-state index in [-0.39, 0.29) is 11.8 Å². The number of hydrogen-bond donors (Lipinski definition) is 1.